The van der Waals surface area contributed by atoms with Crippen molar-refractivity contribution in [1.29, 1.82) is 0 Å². The third kappa shape index (κ3) is 5.55. The van der Waals surface area contributed by atoms with Crippen LogP contribution in [0.25, 0.3) is 0 Å². The van der Waals surface area contributed by atoms with Crippen LogP contribution in [-0.4, -0.2) is 38.8 Å². The summed E-state index contributed by atoms with van der Waals surface area (Å²) >= 11 is 0. The third-order valence-electron chi connectivity index (χ3n) is 6.45. The van der Waals surface area contributed by atoms with E-state index in [4.69, 9.17) is 4.43 Å². The average Bonchev–Trinajstić information content (AvgIpc) is 2.61. The Hall–Kier alpha value is -1.39. The molecule has 0 saturated carbocycles. The molecule has 1 aliphatic heterocycles. The molecule has 27 heavy (non-hydrogen) atoms. The van der Waals surface area contributed by atoms with Gasteiger partial charge in [0.25, 0.3) is 5.91 Å². The molecule has 1 heterocycles. The van der Waals surface area contributed by atoms with Crippen LogP contribution in [0.3, 0.4) is 0 Å². The van der Waals surface area contributed by atoms with Crippen molar-refractivity contribution in [1.82, 2.24) is 4.90 Å². The normalized spacial score (nSPS) is 21.1. The van der Waals surface area contributed by atoms with Crippen LogP contribution < -0.4 is 0 Å². The Labute approximate surface area is 166 Å². The lowest BCUT2D eigenvalue weighted by Crippen LogP contribution is -2.47. The van der Waals surface area contributed by atoms with Crippen LogP contribution in [0.15, 0.2) is 43.0 Å². The maximum atomic E-state index is 12.9. The van der Waals surface area contributed by atoms with E-state index in [1.54, 1.807) is 0 Å². The minimum Gasteiger partial charge on any atom is -0.417 e. The van der Waals surface area contributed by atoms with E-state index in [1.165, 1.54) is 0 Å². The van der Waals surface area contributed by atoms with E-state index in [-0.39, 0.29) is 16.4 Å². The summed E-state index contributed by atoms with van der Waals surface area (Å²) in [7, 11) is -1.74. The van der Waals surface area contributed by atoms with Crippen LogP contribution >= 0.6 is 0 Å². The zero-order chi connectivity index (χ0) is 20.1. The van der Waals surface area contributed by atoms with E-state index in [1.807, 2.05) is 41.3 Å². The third-order valence-corrected chi connectivity index (χ3v) is 11.0. The number of carbonyl (C=O) groups is 1. The predicted octanol–water partition coefficient (Wildman–Crippen LogP) is 5.90. The van der Waals surface area contributed by atoms with Crippen LogP contribution in [0.2, 0.25) is 18.1 Å². The topological polar surface area (TPSA) is 29.5 Å². The molecular formula is C23H37NO2Si. The van der Waals surface area contributed by atoms with Crippen molar-refractivity contribution in [2.75, 3.05) is 19.7 Å². The maximum Gasteiger partial charge on any atom is 0.253 e. The molecule has 4 heteroatoms. The summed E-state index contributed by atoms with van der Waals surface area (Å²) in [6.45, 7) is 17.8. The molecule has 1 saturated heterocycles. The predicted molar refractivity (Wildman–Crippen MR) is 117 cm³/mol. The van der Waals surface area contributed by atoms with Crippen LogP contribution in [0, 0.1) is 5.41 Å². The first-order chi connectivity index (χ1) is 12.6. The van der Waals surface area contributed by atoms with Crippen molar-refractivity contribution in [3.8, 4) is 0 Å². The standard InChI is InChI=1S/C23H37NO2Si/c1-7-14-23(16-18-26-27(5,6)22(2,3)4)15-11-17-24(19-23)21(25)20-12-9-8-10-13-20/h7-10,12-13H,1,11,14-19H2,2-6H3. The SMILES string of the molecule is C=CCC1(CCO[Si](C)(C)C(C)(C)C)CCCN(C(=O)c2ccccc2)C1. The Morgan fingerprint density at radius 2 is 1.96 bits per heavy atom. The van der Waals surface area contributed by atoms with Crippen molar-refractivity contribution >= 4 is 14.2 Å². The molecule has 1 atom stereocenters. The number of hydrogen-bond acceptors (Lipinski definition) is 2. The molecule has 1 aliphatic rings. The lowest BCUT2D eigenvalue weighted by atomic mass is 9.74. The summed E-state index contributed by atoms with van der Waals surface area (Å²) in [6, 6.07) is 9.63. The molecule has 3 nitrogen and oxygen atoms in total. The first-order valence-electron chi connectivity index (χ1n) is 10.2. The van der Waals surface area contributed by atoms with Crippen LogP contribution in [0.1, 0.15) is 56.8 Å². The van der Waals surface area contributed by atoms with Crippen molar-refractivity contribution in [2.45, 2.75) is 64.6 Å². The minimum atomic E-state index is -1.74. The lowest BCUT2D eigenvalue weighted by molar-refractivity contribution is 0.0441. The Morgan fingerprint density at radius 3 is 2.56 bits per heavy atom. The van der Waals surface area contributed by atoms with Crippen molar-refractivity contribution in [2.24, 2.45) is 5.41 Å². The fourth-order valence-corrected chi connectivity index (χ4v) is 4.71. The van der Waals surface area contributed by atoms with Crippen LogP contribution in [0.5, 0.6) is 0 Å². The first-order valence-corrected chi connectivity index (χ1v) is 13.1. The molecule has 1 aromatic rings. The van der Waals surface area contributed by atoms with Crippen molar-refractivity contribution in [3.05, 3.63) is 48.6 Å². The Kier molecular flexibility index (Phi) is 7.09. The number of likely N-dealkylation sites (tertiary alicyclic amines) is 1. The summed E-state index contributed by atoms with van der Waals surface area (Å²) in [5, 5.41) is 0.223. The van der Waals surface area contributed by atoms with Gasteiger partial charge in [0.1, 0.15) is 0 Å². The van der Waals surface area contributed by atoms with Gasteiger partial charge in [0.15, 0.2) is 8.32 Å². The van der Waals surface area contributed by atoms with Gasteiger partial charge in [0.2, 0.25) is 0 Å². The van der Waals surface area contributed by atoms with Gasteiger partial charge in [0.05, 0.1) is 0 Å². The highest BCUT2D eigenvalue weighted by Gasteiger charge is 2.40. The number of amides is 1. The highest BCUT2D eigenvalue weighted by molar-refractivity contribution is 6.74. The van der Waals surface area contributed by atoms with Crippen LogP contribution in [0.4, 0.5) is 0 Å². The Balaban J connectivity index is 2.06. The zero-order valence-corrected chi connectivity index (χ0v) is 18.9. The lowest BCUT2D eigenvalue weighted by Gasteiger charge is -2.44. The molecule has 2 rings (SSSR count). The quantitative estimate of drug-likeness (QED) is 0.431. The number of carbonyl (C=O) groups excluding carboxylic acids is 1. The van der Waals surface area contributed by atoms with Gasteiger partial charge in [-0.3, -0.25) is 4.79 Å². The van der Waals surface area contributed by atoms with Gasteiger partial charge in [-0.25, -0.2) is 0 Å². The Bertz CT molecular complexity index is 636. The average molecular weight is 388 g/mol. The number of hydrogen-bond donors (Lipinski definition) is 0. The smallest absolute Gasteiger partial charge is 0.253 e. The molecule has 1 aromatic carbocycles. The second kappa shape index (κ2) is 8.74. The summed E-state index contributed by atoms with van der Waals surface area (Å²) < 4.78 is 6.45. The number of rotatable bonds is 7. The summed E-state index contributed by atoms with van der Waals surface area (Å²) in [5.41, 5.74) is 0.872. The second-order valence-electron chi connectivity index (χ2n) is 9.55. The first kappa shape index (κ1) is 21.9. The fourth-order valence-electron chi connectivity index (χ4n) is 3.66. The van der Waals surface area contributed by atoms with Crippen molar-refractivity contribution in [3.63, 3.8) is 0 Å². The summed E-state index contributed by atoms with van der Waals surface area (Å²) in [5.74, 6) is 0.147. The van der Waals surface area contributed by atoms with E-state index in [0.29, 0.717) is 0 Å². The minimum absolute atomic E-state index is 0.0901. The van der Waals surface area contributed by atoms with E-state index in [9.17, 15) is 4.79 Å². The molecule has 0 radical (unpaired) electrons. The molecule has 1 amide bonds. The number of benzene rings is 1. The number of allylic oxidation sites excluding steroid dienone is 1. The Morgan fingerprint density at radius 1 is 1.30 bits per heavy atom. The van der Waals surface area contributed by atoms with E-state index < -0.39 is 8.32 Å². The molecule has 150 valence electrons. The van der Waals surface area contributed by atoms with Crippen LogP contribution in [-0.2, 0) is 4.43 Å². The van der Waals surface area contributed by atoms with E-state index in [2.05, 4.69) is 40.4 Å². The van der Waals surface area contributed by atoms with Gasteiger partial charge in [-0.1, -0.05) is 45.0 Å². The molecule has 0 N–H and O–H groups in total. The molecule has 0 spiro atoms. The summed E-state index contributed by atoms with van der Waals surface area (Å²) in [6.07, 6.45) is 6.13. The molecule has 1 fully saturated rings. The van der Waals surface area contributed by atoms with Gasteiger partial charge in [-0.15, -0.1) is 6.58 Å². The summed E-state index contributed by atoms with van der Waals surface area (Å²) in [4.78, 5) is 15.0. The molecule has 0 bridgehead atoms. The van der Waals surface area contributed by atoms with Gasteiger partial charge < -0.3 is 9.33 Å². The van der Waals surface area contributed by atoms with E-state index >= 15 is 0 Å². The van der Waals surface area contributed by atoms with Gasteiger partial charge >= 0.3 is 0 Å². The molecule has 1 unspecified atom stereocenters. The number of nitrogens with zero attached hydrogens (tertiary/aromatic N) is 1. The largest absolute Gasteiger partial charge is 0.417 e. The van der Waals surface area contributed by atoms with E-state index in [0.717, 1.165) is 50.9 Å². The van der Waals surface area contributed by atoms with Gasteiger partial charge in [-0.05, 0) is 61.4 Å². The monoisotopic (exact) mass is 387 g/mol. The fraction of sp³-hybridized carbons (Fsp3) is 0.609. The van der Waals surface area contributed by atoms with Gasteiger partial charge in [0, 0.05) is 25.3 Å². The zero-order valence-electron chi connectivity index (χ0n) is 17.9. The maximum absolute atomic E-state index is 12.9. The highest BCUT2D eigenvalue weighted by atomic mass is 28.4. The highest BCUT2D eigenvalue weighted by Crippen LogP contribution is 2.40. The van der Waals surface area contributed by atoms with Gasteiger partial charge in [-0.2, -0.15) is 0 Å². The molecule has 0 aliphatic carbocycles. The molecular weight excluding hydrogens is 350 g/mol. The van der Waals surface area contributed by atoms with Crippen molar-refractivity contribution < 1.29 is 9.22 Å². The number of piperidine rings is 1. The molecule has 0 aromatic heterocycles. The second-order valence-corrected chi connectivity index (χ2v) is 14.4.